The molecule has 1 aromatic carbocycles. The fourth-order valence-electron chi connectivity index (χ4n) is 4.66. The van der Waals surface area contributed by atoms with Crippen LogP contribution in [0, 0.1) is 13.8 Å². The monoisotopic (exact) mass is 338 g/mol. The van der Waals surface area contributed by atoms with Gasteiger partial charge in [-0.2, -0.15) is 5.10 Å². The van der Waals surface area contributed by atoms with E-state index in [4.69, 9.17) is 5.73 Å². The van der Waals surface area contributed by atoms with Gasteiger partial charge < -0.3 is 10.6 Å². The summed E-state index contributed by atoms with van der Waals surface area (Å²) < 4.78 is 1.91. The molecular weight excluding hydrogens is 312 g/mol. The Kier molecular flexibility index (Phi) is 3.72. The lowest BCUT2D eigenvalue weighted by Crippen LogP contribution is -2.56. The first-order chi connectivity index (χ1) is 11.9. The molecule has 4 rings (SSSR count). The lowest BCUT2D eigenvalue weighted by Gasteiger charge is -2.33. The summed E-state index contributed by atoms with van der Waals surface area (Å²) in [6.45, 7) is 4.90. The molecule has 1 fully saturated rings. The molecule has 5 heteroatoms. The van der Waals surface area contributed by atoms with Crippen LogP contribution >= 0.6 is 0 Å². The van der Waals surface area contributed by atoms with Crippen molar-refractivity contribution in [1.82, 2.24) is 14.7 Å². The van der Waals surface area contributed by atoms with Crippen LogP contribution in [0.3, 0.4) is 0 Å². The number of rotatable bonds is 2. The highest BCUT2D eigenvalue weighted by atomic mass is 16.2. The van der Waals surface area contributed by atoms with E-state index in [1.807, 2.05) is 35.7 Å². The van der Waals surface area contributed by atoms with E-state index in [0.29, 0.717) is 12.8 Å². The molecule has 25 heavy (non-hydrogen) atoms. The van der Waals surface area contributed by atoms with E-state index in [9.17, 15) is 4.79 Å². The Hall–Kier alpha value is -2.14. The Balaban J connectivity index is 1.64. The zero-order chi connectivity index (χ0) is 17.8. The fraction of sp³-hybridized carbons (Fsp3) is 0.500. The summed E-state index contributed by atoms with van der Waals surface area (Å²) in [4.78, 5) is 15.4. The highest BCUT2D eigenvalue weighted by molar-refractivity contribution is 5.88. The van der Waals surface area contributed by atoms with E-state index in [2.05, 4.69) is 24.2 Å². The third kappa shape index (κ3) is 2.49. The first kappa shape index (κ1) is 16.3. The van der Waals surface area contributed by atoms with E-state index < -0.39 is 5.54 Å². The van der Waals surface area contributed by atoms with Crippen molar-refractivity contribution in [2.75, 3.05) is 6.54 Å². The number of nitrogens with zero attached hydrogens (tertiary/aromatic N) is 3. The molecule has 0 spiro atoms. The molecule has 0 radical (unpaired) electrons. The van der Waals surface area contributed by atoms with Gasteiger partial charge in [0.2, 0.25) is 5.91 Å². The second-order valence-electron chi connectivity index (χ2n) is 7.64. The minimum absolute atomic E-state index is 0.0915. The van der Waals surface area contributed by atoms with Crippen LogP contribution in [-0.4, -0.2) is 32.7 Å². The molecule has 1 atom stereocenters. The van der Waals surface area contributed by atoms with Crippen molar-refractivity contribution in [1.29, 1.82) is 0 Å². The van der Waals surface area contributed by atoms with Gasteiger partial charge in [-0.05, 0) is 50.7 Å². The van der Waals surface area contributed by atoms with Gasteiger partial charge in [0.15, 0.2) is 0 Å². The topological polar surface area (TPSA) is 64.2 Å². The molecule has 5 nitrogen and oxygen atoms in total. The van der Waals surface area contributed by atoms with Crippen LogP contribution < -0.4 is 5.73 Å². The molecule has 1 unspecified atom stereocenters. The van der Waals surface area contributed by atoms with E-state index in [1.165, 1.54) is 16.7 Å². The highest BCUT2D eigenvalue weighted by Crippen LogP contribution is 2.39. The molecule has 1 aliphatic heterocycles. The Bertz CT molecular complexity index is 813. The summed E-state index contributed by atoms with van der Waals surface area (Å²) in [7, 11) is 1.96. The molecule has 1 aromatic heterocycles. The quantitative estimate of drug-likeness (QED) is 0.913. The minimum Gasteiger partial charge on any atom is -0.334 e. The van der Waals surface area contributed by atoms with Crippen LogP contribution in [0.15, 0.2) is 24.3 Å². The molecule has 2 aromatic rings. The van der Waals surface area contributed by atoms with Crippen LogP contribution in [0.4, 0.5) is 0 Å². The van der Waals surface area contributed by atoms with Gasteiger partial charge in [0.25, 0.3) is 0 Å². The minimum atomic E-state index is -0.809. The van der Waals surface area contributed by atoms with Gasteiger partial charge in [0.1, 0.15) is 5.54 Å². The van der Waals surface area contributed by atoms with Gasteiger partial charge in [0.05, 0.1) is 11.7 Å². The molecule has 1 saturated heterocycles. The smallest absolute Gasteiger partial charge is 0.243 e. The molecule has 132 valence electrons. The Morgan fingerprint density at radius 2 is 1.88 bits per heavy atom. The van der Waals surface area contributed by atoms with Crippen molar-refractivity contribution < 1.29 is 4.79 Å². The first-order valence-electron chi connectivity index (χ1n) is 9.07. The zero-order valence-corrected chi connectivity index (χ0v) is 15.2. The Morgan fingerprint density at radius 1 is 1.24 bits per heavy atom. The average Bonchev–Trinajstić information content (AvgIpc) is 3.23. The molecule has 1 aliphatic carbocycles. The summed E-state index contributed by atoms with van der Waals surface area (Å²) in [6.07, 6.45) is 3.28. The van der Waals surface area contributed by atoms with E-state index >= 15 is 0 Å². The van der Waals surface area contributed by atoms with Crippen molar-refractivity contribution in [2.45, 2.75) is 51.1 Å². The second-order valence-corrected chi connectivity index (χ2v) is 7.64. The number of fused-ring (bicyclic) bond motifs is 1. The molecule has 0 saturated carbocycles. The van der Waals surface area contributed by atoms with Crippen LogP contribution in [0.1, 0.15) is 47.0 Å². The number of hydrogen-bond donors (Lipinski definition) is 1. The average molecular weight is 338 g/mol. The van der Waals surface area contributed by atoms with Crippen molar-refractivity contribution in [3.63, 3.8) is 0 Å². The van der Waals surface area contributed by atoms with Gasteiger partial charge in [-0.1, -0.05) is 24.3 Å². The SMILES string of the molecule is Cc1nn(C)c(C)c1C1CCCN1C(=O)C1(N)Cc2ccccc2C1. The molecule has 0 bridgehead atoms. The van der Waals surface area contributed by atoms with Gasteiger partial charge in [-0.3, -0.25) is 9.48 Å². The molecular formula is C20H26N4O. The summed E-state index contributed by atoms with van der Waals surface area (Å²) in [5.41, 5.74) is 11.6. The Morgan fingerprint density at radius 3 is 2.44 bits per heavy atom. The van der Waals surface area contributed by atoms with Crippen molar-refractivity contribution in [3.05, 3.63) is 52.3 Å². The van der Waals surface area contributed by atoms with Gasteiger partial charge in [-0.25, -0.2) is 0 Å². The maximum Gasteiger partial charge on any atom is 0.243 e. The van der Waals surface area contributed by atoms with E-state index in [-0.39, 0.29) is 11.9 Å². The summed E-state index contributed by atoms with van der Waals surface area (Å²) in [6, 6.07) is 8.33. The maximum absolute atomic E-state index is 13.4. The maximum atomic E-state index is 13.4. The number of hydrogen-bond acceptors (Lipinski definition) is 3. The lowest BCUT2D eigenvalue weighted by atomic mass is 9.93. The number of carbonyl (C=O) groups excluding carboxylic acids is 1. The standard InChI is InChI=1S/C20H26N4O/c1-13-18(14(2)23(3)22-13)17-9-6-10-24(17)19(25)20(21)11-15-7-4-5-8-16(15)12-20/h4-5,7-8,17H,6,9-12,21H2,1-3H3. The van der Waals surface area contributed by atoms with Crippen molar-refractivity contribution in [3.8, 4) is 0 Å². The molecule has 2 aliphatic rings. The number of aryl methyl sites for hydroxylation is 2. The molecule has 2 heterocycles. The second kappa shape index (κ2) is 5.70. The van der Waals surface area contributed by atoms with E-state index in [0.717, 1.165) is 30.8 Å². The van der Waals surface area contributed by atoms with Gasteiger partial charge in [-0.15, -0.1) is 0 Å². The van der Waals surface area contributed by atoms with Crippen LogP contribution in [0.5, 0.6) is 0 Å². The third-order valence-electron chi connectivity index (χ3n) is 5.97. The fourth-order valence-corrected chi connectivity index (χ4v) is 4.66. The van der Waals surface area contributed by atoms with Crippen LogP contribution in [-0.2, 0) is 24.7 Å². The number of likely N-dealkylation sites (tertiary alicyclic amines) is 1. The Labute approximate surface area is 148 Å². The highest BCUT2D eigenvalue weighted by Gasteiger charge is 2.46. The third-order valence-corrected chi connectivity index (χ3v) is 5.97. The number of nitrogens with two attached hydrogens (primary N) is 1. The first-order valence-corrected chi connectivity index (χ1v) is 9.07. The summed E-state index contributed by atoms with van der Waals surface area (Å²) in [5.74, 6) is 0.0915. The summed E-state index contributed by atoms with van der Waals surface area (Å²) >= 11 is 0. The number of amides is 1. The number of carbonyl (C=O) groups is 1. The van der Waals surface area contributed by atoms with Crippen molar-refractivity contribution in [2.24, 2.45) is 12.8 Å². The predicted molar refractivity (Wildman–Crippen MR) is 97.1 cm³/mol. The zero-order valence-electron chi connectivity index (χ0n) is 15.2. The van der Waals surface area contributed by atoms with Crippen molar-refractivity contribution >= 4 is 5.91 Å². The lowest BCUT2D eigenvalue weighted by molar-refractivity contribution is -0.137. The van der Waals surface area contributed by atoms with E-state index in [1.54, 1.807) is 0 Å². The summed E-state index contributed by atoms with van der Waals surface area (Å²) in [5, 5.41) is 4.54. The molecule has 2 N–H and O–H groups in total. The number of benzene rings is 1. The van der Waals surface area contributed by atoms with Crippen LogP contribution in [0.25, 0.3) is 0 Å². The number of aromatic nitrogens is 2. The normalized spacial score (nSPS) is 21.6. The predicted octanol–water partition coefficient (Wildman–Crippen LogP) is 2.20. The largest absolute Gasteiger partial charge is 0.334 e. The van der Waals surface area contributed by atoms with Gasteiger partial charge >= 0.3 is 0 Å². The van der Waals surface area contributed by atoms with Gasteiger partial charge in [0, 0.05) is 24.8 Å². The molecule has 1 amide bonds. The van der Waals surface area contributed by atoms with Crippen LogP contribution in [0.2, 0.25) is 0 Å².